The van der Waals surface area contributed by atoms with Gasteiger partial charge in [-0.2, -0.15) is 0 Å². The van der Waals surface area contributed by atoms with Crippen LogP contribution in [0.4, 0.5) is 0 Å². The number of rotatable bonds is 4. The van der Waals surface area contributed by atoms with Gasteiger partial charge in [0.25, 0.3) is 0 Å². The van der Waals surface area contributed by atoms with Crippen molar-refractivity contribution >= 4 is 75.0 Å². The average molecular weight is 682 g/mol. The molecule has 0 aliphatic rings. The van der Waals surface area contributed by atoms with E-state index in [4.69, 9.17) is 19.4 Å². The maximum atomic E-state index is 6.62. The first kappa shape index (κ1) is 29.1. The largest absolute Gasteiger partial charge is 0.456 e. The second kappa shape index (κ2) is 11.4. The van der Waals surface area contributed by atoms with Gasteiger partial charge in [-0.3, -0.25) is 0 Å². The Labute approximate surface area is 302 Å². The van der Waals surface area contributed by atoms with Gasteiger partial charge in [-0.25, -0.2) is 15.0 Å². The number of benzene rings is 8. The van der Waals surface area contributed by atoms with Gasteiger partial charge in [-0.1, -0.05) is 127 Å². The van der Waals surface area contributed by atoms with Gasteiger partial charge in [0.15, 0.2) is 17.5 Å². The zero-order chi connectivity index (χ0) is 34.2. The standard InChI is InChI=1S/C47H27N3OS/c1-3-12-30-26-32(24-22-28(30)10-1)45-48-46(33-25-23-29-11-2-4-13-31(29)27-33)50-47(49-45)37-17-8-19-39-44(37)43-35(15-7-18-38(43)51-39)34-16-9-21-41-42(34)36-14-5-6-20-40(36)52-41/h1-27H. The smallest absolute Gasteiger partial charge is 0.164 e. The van der Waals surface area contributed by atoms with E-state index in [2.05, 4.69) is 152 Å². The minimum Gasteiger partial charge on any atom is -0.456 e. The van der Waals surface area contributed by atoms with Gasteiger partial charge >= 0.3 is 0 Å². The van der Waals surface area contributed by atoms with Crippen molar-refractivity contribution in [2.45, 2.75) is 0 Å². The Morgan fingerprint density at radius 1 is 0.365 bits per heavy atom. The summed E-state index contributed by atoms with van der Waals surface area (Å²) >= 11 is 1.83. The van der Waals surface area contributed by atoms with E-state index in [-0.39, 0.29) is 0 Å². The van der Waals surface area contributed by atoms with Gasteiger partial charge in [-0.15, -0.1) is 11.3 Å². The molecule has 0 aliphatic carbocycles. The molecule has 8 aromatic carbocycles. The topological polar surface area (TPSA) is 51.8 Å². The molecule has 0 fully saturated rings. The van der Waals surface area contributed by atoms with Crippen LogP contribution in [0.15, 0.2) is 168 Å². The molecule has 0 radical (unpaired) electrons. The molecule has 242 valence electrons. The zero-order valence-corrected chi connectivity index (χ0v) is 28.6. The van der Waals surface area contributed by atoms with E-state index in [1.807, 2.05) is 23.5 Å². The van der Waals surface area contributed by atoms with Crippen LogP contribution in [0.25, 0.3) is 109 Å². The molecule has 3 heterocycles. The molecular weight excluding hydrogens is 655 g/mol. The molecule has 0 saturated heterocycles. The van der Waals surface area contributed by atoms with Gasteiger partial charge in [0.2, 0.25) is 0 Å². The van der Waals surface area contributed by atoms with Crippen molar-refractivity contribution in [3.05, 3.63) is 164 Å². The van der Waals surface area contributed by atoms with E-state index >= 15 is 0 Å². The lowest BCUT2D eigenvalue weighted by molar-refractivity contribution is 0.669. The van der Waals surface area contributed by atoms with E-state index in [1.54, 1.807) is 0 Å². The Kier molecular flexibility index (Phi) is 6.39. The van der Waals surface area contributed by atoms with Crippen LogP contribution >= 0.6 is 11.3 Å². The Balaban J connectivity index is 1.19. The van der Waals surface area contributed by atoms with Crippen molar-refractivity contribution in [1.82, 2.24) is 15.0 Å². The quantitative estimate of drug-likeness (QED) is 0.185. The Bertz CT molecular complexity index is 3110. The second-order valence-electron chi connectivity index (χ2n) is 13.2. The number of hydrogen-bond donors (Lipinski definition) is 0. The number of aromatic nitrogens is 3. The number of furan rings is 1. The number of hydrogen-bond acceptors (Lipinski definition) is 5. The molecule has 5 heteroatoms. The summed E-state index contributed by atoms with van der Waals surface area (Å²) < 4.78 is 9.16. The van der Waals surface area contributed by atoms with Crippen molar-refractivity contribution in [3.63, 3.8) is 0 Å². The fraction of sp³-hybridized carbons (Fsp3) is 0. The maximum Gasteiger partial charge on any atom is 0.164 e. The number of thiophene rings is 1. The maximum absolute atomic E-state index is 6.62. The predicted molar refractivity (Wildman–Crippen MR) is 217 cm³/mol. The van der Waals surface area contributed by atoms with Crippen LogP contribution in [0.5, 0.6) is 0 Å². The fourth-order valence-corrected chi connectivity index (χ4v) is 8.82. The van der Waals surface area contributed by atoms with Crippen LogP contribution < -0.4 is 0 Å². The van der Waals surface area contributed by atoms with Crippen LogP contribution in [0.3, 0.4) is 0 Å². The lowest BCUT2D eigenvalue weighted by Gasteiger charge is -2.11. The highest BCUT2D eigenvalue weighted by molar-refractivity contribution is 7.25. The first-order chi connectivity index (χ1) is 25.7. The third-order valence-corrected chi connectivity index (χ3v) is 11.2. The minimum absolute atomic E-state index is 0.601. The van der Waals surface area contributed by atoms with E-state index in [1.165, 1.54) is 36.5 Å². The normalized spacial score (nSPS) is 11.8. The SMILES string of the molecule is c1ccc2cc(-c3nc(-c4ccc5ccccc5c4)nc(-c4cccc5oc6cccc(-c7cccc8sc9ccccc9c78)c6c45)n3)ccc2c1. The molecular formula is C47H27N3OS. The molecule has 0 spiro atoms. The highest BCUT2D eigenvalue weighted by atomic mass is 32.1. The van der Waals surface area contributed by atoms with E-state index in [9.17, 15) is 0 Å². The lowest BCUT2D eigenvalue weighted by atomic mass is 9.94. The lowest BCUT2D eigenvalue weighted by Crippen LogP contribution is -2.00. The third-order valence-electron chi connectivity index (χ3n) is 10.1. The fourth-order valence-electron chi connectivity index (χ4n) is 7.69. The second-order valence-corrected chi connectivity index (χ2v) is 14.3. The van der Waals surface area contributed by atoms with Crippen LogP contribution in [-0.4, -0.2) is 15.0 Å². The van der Waals surface area contributed by atoms with Gasteiger partial charge in [0.1, 0.15) is 11.2 Å². The molecule has 0 aliphatic heterocycles. The minimum atomic E-state index is 0.601. The molecule has 0 unspecified atom stereocenters. The summed E-state index contributed by atoms with van der Waals surface area (Å²) in [5, 5.41) is 9.19. The van der Waals surface area contributed by atoms with Crippen LogP contribution in [0.2, 0.25) is 0 Å². The van der Waals surface area contributed by atoms with Crippen LogP contribution in [0.1, 0.15) is 0 Å². The molecule has 0 saturated carbocycles. The van der Waals surface area contributed by atoms with Crippen molar-refractivity contribution in [1.29, 1.82) is 0 Å². The summed E-state index contributed by atoms with van der Waals surface area (Å²) in [5.41, 5.74) is 6.70. The predicted octanol–water partition coefficient (Wildman–Crippen LogP) is 13.1. The van der Waals surface area contributed by atoms with Crippen molar-refractivity contribution in [2.75, 3.05) is 0 Å². The van der Waals surface area contributed by atoms with Gasteiger partial charge < -0.3 is 4.42 Å². The first-order valence-electron chi connectivity index (χ1n) is 17.3. The molecule has 52 heavy (non-hydrogen) atoms. The molecule has 3 aromatic heterocycles. The number of nitrogens with zero attached hydrogens (tertiary/aromatic N) is 3. The average Bonchev–Trinajstić information content (AvgIpc) is 3.79. The summed E-state index contributed by atoms with van der Waals surface area (Å²) in [4.78, 5) is 15.6. The first-order valence-corrected chi connectivity index (χ1v) is 18.2. The molecule has 11 aromatic rings. The third kappa shape index (κ3) is 4.57. The van der Waals surface area contributed by atoms with E-state index < -0.39 is 0 Å². The zero-order valence-electron chi connectivity index (χ0n) is 27.7. The van der Waals surface area contributed by atoms with Gasteiger partial charge in [0, 0.05) is 47.6 Å². The molecule has 0 amide bonds. The van der Waals surface area contributed by atoms with Crippen molar-refractivity contribution < 1.29 is 4.42 Å². The Morgan fingerprint density at radius 3 is 1.54 bits per heavy atom. The summed E-state index contributed by atoms with van der Waals surface area (Å²) in [7, 11) is 0. The summed E-state index contributed by atoms with van der Waals surface area (Å²) in [6.45, 7) is 0. The van der Waals surface area contributed by atoms with Crippen molar-refractivity contribution in [3.8, 4) is 45.3 Å². The monoisotopic (exact) mass is 681 g/mol. The molecule has 0 N–H and O–H groups in total. The highest BCUT2D eigenvalue weighted by Crippen LogP contribution is 2.45. The Hall–Kier alpha value is -6.69. The van der Waals surface area contributed by atoms with Gasteiger partial charge in [-0.05, 0) is 69.1 Å². The van der Waals surface area contributed by atoms with Gasteiger partial charge in [0.05, 0.1) is 0 Å². The summed E-state index contributed by atoms with van der Waals surface area (Å²) in [5.74, 6) is 1.85. The molecule has 0 bridgehead atoms. The molecule has 11 rings (SSSR count). The summed E-state index contributed by atoms with van der Waals surface area (Å²) in [6.07, 6.45) is 0. The number of fused-ring (bicyclic) bond motifs is 8. The van der Waals surface area contributed by atoms with E-state index in [0.29, 0.717) is 17.5 Å². The molecule has 0 atom stereocenters. The Morgan fingerprint density at radius 2 is 0.865 bits per heavy atom. The van der Waals surface area contributed by atoms with Crippen LogP contribution in [0, 0.1) is 0 Å². The van der Waals surface area contributed by atoms with Crippen LogP contribution in [-0.2, 0) is 0 Å². The highest BCUT2D eigenvalue weighted by Gasteiger charge is 2.21. The van der Waals surface area contributed by atoms with E-state index in [0.717, 1.165) is 55.0 Å². The molecule has 4 nitrogen and oxygen atoms in total. The summed E-state index contributed by atoms with van der Waals surface area (Å²) in [6, 6.07) is 57.4. The van der Waals surface area contributed by atoms with Crippen molar-refractivity contribution in [2.24, 2.45) is 0 Å².